The molecule has 0 heterocycles. The Labute approximate surface area is 199 Å². The van der Waals surface area contributed by atoms with Gasteiger partial charge >= 0.3 is 11.9 Å². The van der Waals surface area contributed by atoms with Crippen LogP contribution in [0.2, 0.25) is 0 Å². The molecule has 6 nitrogen and oxygen atoms in total. The second-order valence-corrected chi connectivity index (χ2v) is 8.32. The van der Waals surface area contributed by atoms with Crippen molar-refractivity contribution in [3.05, 3.63) is 0 Å². The largest absolute Gasteiger partial charge is 0.481 e. The third kappa shape index (κ3) is 46.9. The van der Waals surface area contributed by atoms with Gasteiger partial charge in [0.1, 0.15) is 0 Å². The molecule has 4 N–H and O–H groups in total. The molecule has 0 bridgehead atoms. The van der Waals surface area contributed by atoms with Gasteiger partial charge < -0.3 is 20.8 Å². The molecule has 0 spiro atoms. The predicted octanol–water partition coefficient (Wildman–Crippen LogP) is 6.63. The number of unbranched alkanes of at least 4 members (excludes halogenated alkanes) is 9. The van der Waals surface area contributed by atoms with Crippen LogP contribution in [0.4, 0.5) is 0 Å². The summed E-state index contributed by atoms with van der Waals surface area (Å²) in [6, 6.07) is 0. The molecule has 0 saturated carbocycles. The van der Waals surface area contributed by atoms with Gasteiger partial charge in [0.05, 0.1) is 0 Å². The average molecular weight is 461 g/mol. The van der Waals surface area contributed by atoms with E-state index >= 15 is 0 Å². The molecule has 0 aromatic heterocycles. The summed E-state index contributed by atoms with van der Waals surface area (Å²) in [6.45, 7) is 13.7. The topological polar surface area (TPSA) is 98.7 Å². The van der Waals surface area contributed by atoms with E-state index < -0.39 is 11.9 Å². The quantitative estimate of drug-likeness (QED) is 0.143. The molecule has 6 heteroatoms. The first-order chi connectivity index (χ1) is 15.5. The number of rotatable bonds is 21. The first kappa shape index (κ1) is 35.4. The molecule has 0 rings (SSSR count). The van der Waals surface area contributed by atoms with E-state index in [2.05, 4.69) is 38.3 Å². The second kappa shape index (κ2) is 34.5. The summed E-state index contributed by atoms with van der Waals surface area (Å²) in [6.07, 6.45) is 16.3. The van der Waals surface area contributed by atoms with Crippen molar-refractivity contribution in [2.45, 2.75) is 130 Å². The lowest BCUT2D eigenvalue weighted by Gasteiger charge is -1.99. The van der Waals surface area contributed by atoms with Gasteiger partial charge in [0.25, 0.3) is 0 Å². The lowest BCUT2D eigenvalue weighted by molar-refractivity contribution is -0.138. The summed E-state index contributed by atoms with van der Waals surface area (Å²) in [5, 5.41) is 23.5. The number of carbonyl (C=O) groups is 2. The zero-order valence-corrected chi connectivity index (χ0v) is 21.9. The van der Waals surface area contributed by atoms with Crippen LogP contribution in [-0.4, -0.2) is 48.3 Å². The van der Waals surface area contributed by atoms with E-state index in [-0.39, 0.29) is 12.8 Å². The van der Waals surface area contributed by atoms with Crippen molar-refractivity contribution in [1.82, 2.24) is 10.6 Å². The van der Waals surface area contributed by atoms with Crippen LogP contribution in [-0.2, 0) is 9.59 Å². The van der Waals surface area contributed by atoms with Gasteiger partial charge in [-0.15, -0.1) is 0 Å². The fourth-order valence-electron chi connectivity index (χ4n) is 2.72. The number of carboxylic acid groups (broad SMARTS) is 2. The molecule has 0 amide bonds. The molecule has 0 aromatic carbocycles. The maximum absolute atomic E-state index is 10.1. The van der Waals surface area contributed by atoms with Crippen LogP contribution in [0.15, 0.2) is 0 Å². The van der Waals surface area contributed by atoms with Crippen molar-refractivity contribution in [2.75, 3.05) is 26.2 Å². The van der Waals surface area contributed by atoms with Gasteiger partial charge in [0, 0.05) is 12.8 Å². The highest BCUT2D eigenvalue weighted by Crippen LogP contribution is 2.08. The average Bonchev–Trinajstić information content (AvgIpc) is 2.76. The fraction of sp³-hybridized carbons (Fsp3) is 0.923. The molecule has 194 valence electrons. The molecule has 32 heavy (non-hydrogen) atoms. The number of aliphatic carboxylic acids is 2. The lowest BCUT2D eigenvalue weighted by Crippen LogP contribution is -2.15. The van der Waals surface area contributed by atoms with E-state index in [0.29, 0.717) is 0 Å². The smallest absolute Gasteiger partial charge is 0.303 e. The Morgan fingerprint density at radius 1 is 0.469 bits per heavy atom. The molecule has 0 atom stereocenters. The van der Waals surface area contributed by atoms with E-state index in [0.717, 1.165) is 38.5 Å². The van der Waals surface area contributed by atoms with Crippen LogP contribution in [0, 0.1) is 0 Å². The molecule has 0 aliphatic carbocycles. The summed E-state index contributed by atoms with van der Waals surface area (Å²) in [4.78, 5) is 20.3. The minimum Gasteiger partial charge on any atom is -0.481 e. The number of hydrogen-bond acceptors (Lipinski definition) is 4. The highest BCUT2D eigenvalue weighted by Gasteiger charge is 1.98. The van der Waals surface area contributed by atoms with Crippen molar-refractivity contribution in [2.24, 2.45) is 0 Å². The Balaban J connectivity index is -0.000000411. The maximum Gasteiger partial charge on any atom is 0.303 e. The highest BCUT2D eigenvalue weighted by molar-refractivity contribution is 5.66. The minimum atomic E-state index is -0.740. The van der Waals surface area contributed by atoms with Gasteiger partial charge in [-0.2, -0.15) is 0 Å². The Hall–Kier alpha value is -1.14. The molecule has 0 radical (unpaired) electrons. The van der Waals surface area contributed by atoms with Crippen molar-refractivity contribution >= 4 is 11.9 Å². The third-order valence-corrected chi connectivity index (χ3v) is 4.86. The summed E-state index contributed by atoms with van der Waals surface area (Å²) in [7, 11) is 0. The monoisotopic (exact) mass is 460 g/mol. The summed E-state index contributed by atoms with van der Waals surface area (Å²) in [5.41, 5.74) is 0. The molecular weight excluding hydrogens is 404 g/mol. The minimum absolute atomic E-state index is 0.245. The van der Waals surface area contributed by atoms with E-state index in [1.165, 1.54) is 77.5 Å². The molecule has 0 aliphatic heterocycles. The van der Waals surface area contributed by atoms with Gasteiger partial charge in [0.15, 0.2) is 0 Å². The zero-order chi connectivity index (χ0) is 24.7. The third-order valence-electron chi connectivity index (χ3n) is 4.86. The predicted molar refractivity (Wildman–Crippen MR) is 138 cm³/mol. The van der Waals surface area contributed by atoms with Gasteiger partial charge in [-0.3, -0.25) is 9.59 Å². The second-order valence-electron chi connectivity index (χ2n) is 8.32. The highest BCUT2D eigenvalue weighted by atomic mass is 16.4. The Bertz CT molecular complexity index is 320. The Kier molecular flexibility index (Phi) is 38.2. The molecule has 0 aromatic rings. The normalized spacial score (nSPS) is 10.0. The summed E-state index contributed by atoms with van der Waals surface area (Å²) < 4.78 is 0. The standard InChI is InChI=1S/C10H18O4.2C8H19N/c11-9(12)7-5-3-1-2-4-6-8-10(13)14;2*1-3-5-7-9-8-6-4-2/h1-8H2,(H,11,12)(H,13,14);2*9H,3-8H2,1-2H3. The van der Waals surface area contributed by atoms with Crippen LogP contribution in [0.25, 0.3) is 0 Å². The van der Waals surface area contributed by atoms with Crippen LogP contribution < -0.4 is 10.6 Å². The molecule has 0 fully saturated rings. The first-order valence-electron chi connectivity index (χ1n) is 13.3. The molecular formula is C26H56N2O4. The van der Waals surface area contributed by atoms with Gasteiger partial charge in [-0.25, -0.2) is 0 Å². The van der Waals surface area contributed by atoms with Crippen LogP contribution in [0.1, 0.15) is 130 Å². The van der Waals surface area contributed by atoms with Gasteiger partial charge in [-0.05, 0) is 64.7 Å². The van der Waals surface area contributed by atoms with Crippen molar-refractivity contribution in [3.8, 4) is 0 Å². The summed E-state index contributed by atoms with van der Waals surface area (Å²) in [5.74, 6) is -1.48. The van der Waals surface area contributed by atoms with Gasteiger partial charge in [0.2, 0.25) is 0 Å². The summed E-state index contributed by atoms with van der Waals surface area (Å²) >= 11 is 0. The van der Waals surface area contributed by atoms with Crippen molar-refractivity contribution < 1.29 is 19.8 Å². The lowest BCUT2D eigenvalue weighted by atomic mass is 10.1. The zero-order valence-electron chi connectivity index (χ0n) is 21.9. The van der Waals surface area contributed by atoms with Crippen LogP contribution in [0.3, 0.4) is 0 Å². The van der Waals surface area contributed by atoms with Crippen LogP contribution in [0.5, 0.6) is 0 Å². The number of carboxylic acids is 2. The first-order valence-corrected chi connectivity index (χ1v) is 13.3. The maximum atomic E-state index is 10.1. The Morgan fingerprint density at radius 3 is 0.938 bits per heavy atom. The molecule has 0 saturated heterocycles. The van der Waals surface area contributed by atoms with E-state index in [1.54, 1.807) is 0 Å². The SMILES string of the molecule is CCCCNCCCC.CCCCNCCCC.O=C(O)CCCCCCCCC(=O)O. The number of nitrogens with one attached hydrogen (secondary N) is 2. The fourth-order valence-corrected chi connectivity index (χ4v) is 2.72. The van der Waals surface area contributed by atoms with Crippen molar-refractivity contribution in [1.29, 1.82) is 0 Å². The van der Waals surface area contributed by atoms with E-state index in [4.69, 9.17) is 10.2 Å². The van der Waals surface area contributed by atoms with E-state index in [1.807, 2.05) is 0 Å². The molecule has 0 aliphatic rings. The molecule has 0 unspecified atom stereocenters. The van der Waals surface area contributed by atoms with Gasteiger partial charge in [-0.1, -0.05) is 79.1 Å². The Morgan fingerprint density at radius 2 is 0.719 bits per heavy atom. The number of hydrogen-bond donors (Lipinski definition) is 4. The van der Waals surface area contributed by atoms with Crippen molar-refractivity contribution in [3.63, 3.8) is 0 Å². The van der Waals surface area contributed by atoms with E-state index in [9.17, 15) is 9.59 Å². The van der Waals surface area contributed by atoms with Crippen LogP contribution >= 0.6 is 0 Å².